The summed E-state index contributed by atoms with van der Waals surface area (Å²) in [7, 11) is 3.45. The van der Waals surface area contributed by atoms with Gasteiger partial charge in [-0.15, -0.1) is 0 Å². The molecule has 3 aromatic rings. The average molecular weight is 409 g/mol. The summed E-state index contributed by atoms with van der Waals surface area (Å²) in [4.78, 5) is 42.5. The first-order valence-electron chi connectivity index (χ1n) is 9.81. The molecule has 0 aliphatic carbocycles. The molecule has 0 bridgehead atoms. The Labute approximate surface area is 172 Å². The van der Waals surface area contributed by atoms with Crippen molar-refractivity contribution < 1.29 is 9.72 Å². The number of nitro groups is 1. The van der Waals surface area contributed by atoms with E-state index in [9.17, 15) is 19.7 Å². The van der Waals surface area contributed by atoms with Crippen LogP contribution < -0.4 is 10.6 Å². The molecule has 1 aliphatic rings. The first kappa shape index (κ1) is 19.7. The molecule has 0 spiro atoms. The van der Waals surface area contributed by atoms with Gasteiger partial charge in [-0.3, -0.25) is 19.5 Å². The minimum Gasteiger partial charge on any atom is -0.372 e. The van der Waals surface area contributed by atoms with E-state index in [0.29, 0.717) is 37.2 Å². The average Bonchev–Trinajstić information content (AvgIpc) is 3.08. The Kier molecular flexibility index (Phi) is 5.03. The van der Waals surface area contributed by atoms with Crippen LogP contribution in [0.4, 0.5) is 11.4 Å². The molecule has 1 aromatic heterocycles. The Morgan fingerprint density at radius 2 is 1.87 bits per heavy atom. The van der Waals surface area contributed by atoms with Crippen LogP contribution in [0.5, 0.6) is 0 Å². The molecule has 0 radical (unpaired) electrons. The van der Waals surface area contributed by atoms with Gasteiger partial charge in [0, 0.05) is 44.9 Å². The van der Waals surface area contributed by atoms with Crippen LogP contribution in [0.15, 0.2) is 47.3 Å². The lowest BCUT2D eigenvalue weighted by Crippen LogP contribution is -2.40. The molecule has 0 atom stereocenters. The topological polar surface area (TPSA) is 104 Å². The zero-order valence-electron chi connectivity index (χ0n) is 16.9. The summed E-state index contributed by atoms with van der Waals surface area (Å²) in [6, 6.07) is 12.1. The number of imidazole rings is 1. The fourth-order valence-electron chi connectivity index (χ4n) is 4.13. The summed E-state index contributed by atoms with van der Waals surface area (Å²) in [5.74, 6) is -0.229. The first-order valence-corrected chi connectivity index (χ1v) is 9.81. The largest absolute Gasteiger partial charge is 0.372 e. The number of anilines is 1. The van der Waals surface area contributed by atoms with E-state index >= 15 is 0 Å². The number of H-pyrrole nitrogens is 1. The highest BCUT2D eigenvalue weighted by Gasteiger charge is 2.28. The molecular weight excluding hydrogens is 386 g/mol. The number of likely N-dealkylation sites (tertiary alicyclic amines) is 1. The molecular formula is C21H23N5O4. The number of nitrogens with zero attached hydrogens (tertiary/aromatic N) is 4. The van der Waals surface area contributed by atoms with E-state index in [2.05, 4.69) is 4.98 Å². The van der Waals surface area contributed by atoms with E-state index in [0.717, 1.165) is 11.0 Å². The molecule has 1 saturated heterocycles. The van der Waals surface area contributed by atoms with Crippen molar-refractivity contribution in [2.45, 2.75) is 18.9 Å². The van der Waals surface area contributed by atoms with Crippen LogP contribution in [0.3, 0.4) is 0 Å². The standard InChI is InChI=1S/C21H23N5O4/c1-23(2)18-8-7-14(13-19(18)26(29)30)20(27)24-11-9-15(10-12-24)25-17-6-4-3-5-16(17)22-21(25)28/h3-8,13,15H,9-12H2,1-2H3,(H,22,28). The van der Waals surface area contributed by atoms with Crippen LogP contribution >= 0.6 is 0 Å². The van der Waals surface area contributed by atoms with Gasteiger partial charge in [0.2, 0.25) is 0 Å². The third-order valence-electron chi connectivity index (χ3n) is 5.64. The number of fused-ring (bicyclic) bond motifs is 1. The number of piperidine rings is 1. The number of carbonyl (C=O) groups is 1. The minimum absolute atomic E-state index is 0.00292. The van der Waals surface area contributed by atoms with Crippen LogP contribution in [0.2, 0.25) is 0 Å². The molecule has 1 aliphatic heterocycles. The van der Waals surface area contributed by atoms with Crippen molar-refractivity contribution in [1.82, 2.24) is 14.5 Å². The Morgan fingerprint density at radius 1 is 1.17 bits per heavy atom. The lowest BCUT2D eigenvalue weighted by molar-refractivity contribution is -0.384. The van der Waals surface area contributed by atoms with Gasteiger partial charge in [0.05, 0.1) is 16.0 Å². The number of benzene rings is 2. The third kappa shape index (κ3) is 3.42. The maximum absolute atomic E-state index is 12.9. The van der Waals surface area contributed by atoms with Gasteiger partial charge >= 0.3 is 5.69 Å². The van der Waals surface area contributed by atoms with Gasteiger partial charge in [-0.1, -0.05) is 12.1 Å². The van der Waals surface area contributed by atoms with Crippen molar-refractivity contribution >= 4 is 28.3 Å². The van der Waals surface area contributed by atoms with Crippen LogP contribution in [0.1, 0.15) is 29.2 Å². The summed E-state index contributed by atoms with van der Waals surface area (Å²) in [5, 5.41) is 11.4. The smallest absolute Gasteiger partial charge is 0.326 e. The van der Waals surface area contributed by atoms with Gasteiger partial charge in [-0.05, 0) is 37.1 Å². The lowest BCUT2D eigenvalue weighted by atomic mass is 10.0. The number of carbonyl (C=O) groups excluding carboxylic acids is 1. The van der Waals surface area contributed by atoms with Crippen molar-refractivity contribution in [3.05, 3.63) is 68.6 Å². The Morgan fingerprint density at radius 3 is 2.53 bits per heavy atom. The van der Waals surface area contributed by atoms with E-state index in [1.54, 1.807) is 40.6 Å². The quantitative estimate of drug-likeness (QED) is 0.527. The molecule has 0 saturated carbocycles. The first-order chi connectivity index (χ1) is 14.4. The van der Waals surface area contributed by atoms with Gasteiger partial charge in [0.15, 0.2) is 0 Å². The minimum atomic E-state index is -0.470. The second-order valence-corrected chi connectivity index (χ2v) is 7.70. The fraction of sp³-hybridized carbons (Fsp3) is 0.333. The number of amides is 1. The second-order valence-electron chi connectivity index (χ2n) is 7.70. The Bertz CT molecular complexity index is 1170. The van der Waals surface area contributed by atoms with Gasteiger partial charge in [-0.25, -0.2) is 4.79 Å². The maximum atomic E-state index is 12.9. The molecule has 30 heavy (non-hydrogen) atoms. The number of hydrogen-bond acceptors (Lipinski definition) is 5. The number of rotatable bonds is 4. The maximum Gasteiger partial charge on any atom is 0.326 e. The van der Waals surface area contributed by atoms with Crippen molar-refractivity contribution in [1.29, 1.82) is 0 Å². The van der Waals surface area contributed by atoms with Crippen molar-refractivity contribution in [2.24, 2.45) is 0 Å². The molecule has 1 fully saturated rings. The number of hydrogen-bond donors (Lipinski definition) is 1. The molecule has 0 unspecified atom stereocenters. The predicted octanol–water partition coefficient (Wildman–Crippen LogP) is 2.78. The van der Waals surface area contributed by atoms with E-state index < -0.39 is 4.92 Å². The number of para-hydroxylation sites is 2. The summed E-state index contributed by atoms with van der Waals surface area (Å²) in [6.07, 6.45) is 1.29. The monoisotopic (exact) mass is 409 g/mol. The zero-order valence-corrected chi connectivity index (χ0v) is 16.9. The summed E-state index contributed by atoms with van der Waals surface area (Å²) < 4.78 is 1.77. The van der Waals surface area contributed by atoms with Gasteiger partial charge in [-0.2, -0.15) is 0 Å². The van der Waals surface area contributed by atoms with E-state index in [-0.39, 0.29) is 23.3 Å². The fourth-order valence-corrected chi connectivity index (χ4v) is 4.13. The third-order valence-corrected chi connectivity index (χ3v) is 5.64. The van der Waals surface area contributed by atoms with Crippen LogP contribution in [0, 0.1) is 10.1 Å². The molecule has 156 valence electrons. The Balaban J connectivity index is 1.52. The van der Waals surface area contributed by atoms with Crippen molar-refractivity contribution in [2.75, 3.05) is 32.1 Å². The second kappa shape index (κ2) is 7.66. The summed E-state index contributed by atoms with van der Waals surface area (Å²) >= 11 is 0. The van der Waals surface area contributed by atoms with Crippen molar-refractivity contribution in [3.8, 4) is 0 Å². The molecule has 4 rings (SSSR count). The molecule has 9 heteroatoms. The summed E-state index contributed by atoms with van der Waals surface area (Å²) in [6.45, 7) is 0.970. The van der Waals surface area contributed by atoms with Crippen LogP contribution in [-0.2, 0) is 0 Å². The summed E-state index contributed by atoms with van der Waals surface area (Å²) in [5.41, 5.74) is 2.18. The predicted molar refractivity (Wildman–Crippen MR) is 114 cm³/mol. The van der Waals surface area contributed by atoms with Gasteiger partial charge < -0.3 is 14.8 Å². The molecule has 2 aromatic carbocycles. The molecule has 9 nitrogen and oxygen atoms in total. The number of nitrogens with one attached hydrogen (secondary N) is 1. The lowest BCUT2D eigenvalue weighted by Gasteiger charge is -2.32. The van der Waals surface area contributed by atoms with E-state index in [1.807, 2.05) is 24.3 Å². The molecule has 2 heterocycles. The highest BCUT2D eigenvalue weighted by molar-refractivity contribution is 5.96. The molecule has 1 amide bonds. The van der Waals surface area contributed by atoms with Crippen LogP contribution in [-0.4, -0.2) is 52.5 Å². The highest BCUT2D eigenvalue weighted by Crippen LogP contribution is 2.30. The number of nitro benzene ring substituents is 1. The highest BCUT2D eigenvalue weighted by atomic mass is 16.6. The normalized spacial score (nSPS) is 14.8. The van der Waals surface area contributed by atoms with Gasteiger partial charge in [0.1, 0.15) is 5.69 Å². The zero-order chi connectivity index (χ0) is 21.4. The van der Waals surface area contributed by atoms with E-state index in [1.165, 1.54) is 6.07 Å². The number of aromatic amines is 1. The Hall–Kier alpha value is -3.62. The van der Waals surface area contributed by atoms with Crippen molar-refractivity contribution in [3.63, 3.8) is 0 Å². The SMILES string of the molecule is CN(C)c1ccc(C(=O)N2CCC(n3c(=O)[nH]c4ccccc43)CC2)cc1[N+](=O)[O-]. The van der Waals surface area contributed by atoms with E-state index in [4.69, 9.17) is 0 Å². The number of aromatic nitrogens is 2. The van der Waals surface area contributed by atoms with Crippen LogP contribution in [0.25, 0.3) is 11.0 Å². The molecule has 1 N–H and O–H groups in total. The van der Waals surface area contributed by atoms with Gasteiger partial charge in [0.25, 0.3) is 11.6 Å².